The summed E-state index contributed by atoms with van der Waals surface area (Å²) in [5, 5.41) is 43.7. The van der Waals surface area contributed by atoms with Crippen LogP contribution < -0.4 is 0 Å². The van der Waals surface area contributed by atoms with Crippen LogP contribution in [0.25, 0.3) is 90.9 Å². The van der Waals surface area contributed by atoms with Gasteiger partial charge in [-0.25, -0.2) is 29.1 Å². The Hall–Kier alpha value is -8.64. The Balaban J connectivity index is 1.48. The van der Waals surface area contributed by atoms with Gasteiger partial charge < -0.3 is 30.4 Å². The summed E-state index contributed by atoms with van der Waals surface area (Å²) in [5.41, 5.74) is 10.6. The first kappa shape index (κ1) is 52.2. The normalized spacial score (nSPS) is 11.8. The van der Waals surface area contributed by atoms with Crippen molar-refractivity contribution in [3.63, 3.8) is 0 Å². The standard InChI is InChI=1S/C64H62N4O8/c1-5-9-13-37-17-21-41(45(33-37)61(69)70)57-49-25-27-51(65-49)58(42-22-18-38(14-10-6-2)34-46(42)62(71)72)53-29-31-55(67-53)60(44-24-20-40(16-12-8-4)36-48(44)64(75)76)56-32-30-54(68-56)59(52-28-26-50(57)66-52)43-23-19-39(15-11-7-3)35-47(43)63(73)74/h17-36,65,68H,5-16H2,1-4H3,(H,69,70)(H,71,72)(H,73,74)(H,75,76). The average molecular weight is 1020 g/mol. The number of unbranched alkanes of at least 4 members (excludes halogenated alkanes) is 4. The number of hydrogen-bond acceptors (Lipinski definition) is 6. The van der Waals surface area contributed by atoms with Gasteiger partial charge in [0.25, 0.3) is 0 Å². The molecule has 0 unspecified atom stereocenters. The molecule has 9 rings (SSSR count). The van der Waals surface area contributed by atoms with E-state index >= 15 is 0 Å². The van der Waals surface area contributed by atoms with E-state index in [0.717, 1.165) is 73.6 Å². The van der Waals surface area contributed by atoms with Crippen LogP contribution in [-0.4, -0.2) is 64.2 Å². The molecule has 0 fully saturated rings. The average Bonchev–Trinajstić information content (AvgIpc) is 4.29. The quantitative estimate of drug-likeness (QED) is 0.0426. The number of carboxylic acids is 4. The summed E-state index contributed by atoms with van der Waals surface area (Å²) in [6.07, 6.45) is 17.1. The number of aryl methyl sites for hydroxylation is 4. The Kier molecular flexibility index (Phi) is 15.7. The predicted octanol–water partition coefficient (Wildman–Crippen LogP) is 15.5. The second kappa shape index (κ2) is 22.9. The minimum atomic E-state index is -1.13. The van der Waals surface area contributed by atoms with Gasteiger partial charge in [0.05, 0.1) is 45.0 Å². The lowest BCUT2D eigenvalue weighted by molar-refractivity contribution is 0.0686. The van der Waals surface area contributed by atoms with E-state index < -0.39 is 23.9 Å². The smallest absolute Gasteiger partial charge is 0.336 e. The second-order valence-electron chi connectivity index (χ2n) is 19.7. The van der Waals surface area contributed by atoms with Crippen LogP contribution in [-0.2, 0) is 25.7 Å². The fourth-order valence-electron chi connectivity index (χ4n) is 10.4. The zero-order valence-corrected chi connectivity index (χ0v) is 43.3. The third-order valence-electron chi connectivity index (χ3n) is 14.4. The maximum Gasteiger partial charge on any atom is 0.336 e. The lowest BCUT2D eigenvalue weighted by atomic mass is 9.94. The van der Waals surface area contributed by atoms with Gasteiger partial charge in [-0.15, -0.1) is 0 Å². The minimum Gasteiger partial charge on any atom is -0.478 e. The maximum absolute atomic E-state index is 13.4. The molecule has 12 heteroatoms. The molecule has 8 bridgehead atoms. The number of nitrogens with zero attached hydrogens (tertiary/aromatic N) is 2. The van der Waals surface area contributed by atoms with Gasteiger partial charge in [0, 0.05) is 66.6 Å². The molecule has 4 aromatic carbocycles. The van der Waals surface area contributed by atoms with Crippen LogP contribution in [0.1, 0.15) is 166 Å². The highest BCUT2D eigenvalue weighted by atomic mass is 16.4. The molecule has 0 aliphatic carbocycles. The fraction of sp³-hybridized carbons (Fsp3) is 0.250. The Labute approximate surface area is 441 Å². The van der Waals surface area contributed by atoms with Gasteiger partial charge in [-0.1, -0.05) is 102 Å². The lowest BCUT2D eigenvalue weighted by Crippen LogP contribution is -2.03. The minimum absolute atomic E-state index is 0.0670. The molecule has 0 saturated heterocycles. The SMILES string of the molecule is CCCCc1ccc(-c2c3nc(c(-c4ccc(CCCC)cc4C(=O)O)c4ccc([nH]4)c(-c4ccc(CCCC)cc4C(=O)O)c4nc(c(-c5ccc(CCCC)cc5C(=O)O)c5ccc2[nH]5)C=C4)C=C3)c(C(=O)O)c1. The Morgan fingerprint density at radius 2 is 0.579 bits per heavy atom. The van der Waals surface area contributed by atoms with Crippen LogP contribution in [0.3, 0.4) is 0 Å². The molecule has 3 aromatic heterocycles. The van der Waals surface area contributed by atoms with E-state index in [9.17, 15) is 39.6 Å². The fourth-order valence-corrected chi connectivity index (χ4v) is 10.4. The molecule has 2 aliphatic rings. The predicted molar refractivity (Wildman–Crippen MR) is 303 cm³/mol. The molecule has 5 heterocycles. The number of rotatable bonds is 20. The Bertz CT molecular complexity index is 3220. The third kappa shape index (κ3) is 10.7. The van der Waals surface area contributed by atoms with Gasteiger partial charge in [0.2, 0.25) is 0 Å². The highest BCUT2D eigenvalue weighted by molar-refractivity contribution is 6.08. The third-order valence-corrected chi connectivity index (χ3v) is 14.4. The topological polar surface area (TPSA) is 207 Å². The van der Waals surface area contributed by atoms with E-state index in [0.29, 0.717) is 115 Å². The van der Waals surface area contributed by atoms with Crippen molar-refractivity contribution in [2.45, 2.75) is 105 Å². The number of aromatic carboxylic acids is 4. The van der Waals surface area contributed by atoms with Crippen molar-refractivity contribution in [1.82, 2.24) is 19.9 Å². The first-order valence-corrected chi connectivity index (χ1v) is 26.4. The van der Waals surface area contributed by atoms with E-state index in [1.807, 2.05) is 72.8 Å². The Morgan fingerprint density at radius 1 is 0.355 bits per heavy atom. The zero-order chi connectivity index (χ0) is 53.6. The molecule has 7 aromatic rings. The molecule has 6 N–H and O–H groups in total. The largest absolute Gasteiger partial charge is 0.478 e. The molecular weight excluding hydrogens is 953 g/mol. The summed E-state index contributed by atoms with van der Waals surface area (Å²) in [5.74, 6) is -4.52. The van der Waals surface area contributed by atoms with Gasteiger partial charge >= 0.3 is 23.9 Å². The number of aromatic amines is 2. The summed E-state index contributed by atoms with van der Waals surface area (Å²) in [6.45, 7) is 8.33. The first-order valence-electron chi connectivity index (χ1n) is 26.4. The number of hydrogen-bond donors (Lipinski definition) is 6. The van der Waals surface area contributed by atoms with Crippen molar-refractivity contribution < 1.29 is 39.6 Å². The summed E-state index contributed by atoms with van der Waals surface area (Å²) < 4.78 is 0. The number of carboxylic acid groups (broad SMARTS) is 4. The van der Waals surface area contributed by atoms with Crippen molar-refractivity contribution in [3.05, 3.63) is 164 Å². The molecule has 0 saturated carbocycles. The van der Waals surface area contributed by atoms with Gasteiger partial charge in [0.15, 0.2) is 0 Å². The maximum atomic E-state index is 13.4. The highest BCUT2D eigenvalue weighted by Gasteiger charge is 2.26. The number of H-pyrrole nitrogens is 2. The van der Waals surface area contributed by atoms with Crippen molar-refractivity contribution in [2.75, 3.05) is 0 Å². The number of nitrogens with one attached hydrogen (secondary N) is 2. The van der Waals surface area contributed by atoms with E-state index in [1.165, 1.54) is 0 Å². The molecule has 386 valence electrons. The lowest BCUT2D eigenvalue weighted by Gasteiger charge is -2.12. The monoisotopic (exact) mass is 1010 g/mol. The van der Waals surface area contributed by atoms with Gasteiger partial charge in [-0.3, -0.25) is 0 Å². The molecule has 76 heavy (non-hydrogen) atoms. The number of carbonyl (C=O) groups is 4. The van der Waals surface area contributed by atoms with E-state index in [-0.39, 0.29) is 22.3 Å². The van der Waals surface area contributed by atoms with Crippen LogP contribution >= 0.6 is 0 Å². The summed E-state index contributed by atoms with van der Waals surface area (Å²) >= 11 is 0. The van der Waals surface area contributed by atoms with E-state index in [4.69, 9.17) is 9.97 Å². The van der Waals surface area contributed by atoms with Gasteiger partial charge in [-0.05, 0) is 146 Å². The number of aromatic nitrogens is 4. The van der Waals surface area contributed by atoms with Gasteiger partial charge in [0.1, 0.15) is 0 Å². The summed E-state index contributed by atoms with van der Waals surface area (Å²) in [7, 11) is 0. The second-order valence-corrected chi connectivity index (χ2v) is 19.7. The number of fused-ring (bicyclic) bond motifs is 8. The van der Waals surface area contributed by atoms with E-state index in [2.05, 4.69) is 37.7 Å². The Morgan fingerprint density at radius 3 is 0.776 bits per heavy atom. The molecule has 0 radical (unpaired) electrons. The van der Waals surface area contributed by atoms with Crippen LogP contribution in [0, 0.1) is 0 Å². The van der Waals surface area contributed by atoms with Crippen molar-refractivity contribution in [2.24, 2.45) is 0 Å². The van der Waals surface area contributed by atoms with Crippen molar-refractivity contribution in [3.8, 4) is 44.5 Å². The van der Waals surface area contributed by atoms with Crippen LogP contribution in [0.2, 0.25) is 0 Å². The molecule has 0 spiro atoms. The summed E-state index contributed by atoms with van der Waals surface area (Å²) in [6, 6.07) is 29.1. The van der Waals surface area contributed by atoms with Crippen molar-refractivity contribution in [1.29, 1.82) is 0 Å². The molecule has 12 nitrogen and oxygen atoms in total. The summed E-state index contributed by atoms with van der Waals surface area (Å²) in [4.78, 5) is 71.3. The zero-order valence-electron chi connectivity index (χ0n) is 43.3. The van der Waals surface area contributed by atoms with Crippen LogP contribution in [0.5, 0.6) is 0 Å². The molecule has 2 aliphatic heterocycles. The van der Waals surface area contributed by atoms with E-state index in [1.54, 1.807) is 48.6 Å². The molecular formula is C64H62N4O8. The number of benzene rings is 4. The van der Waals surface area contributed by atoms with Gasteiger partial charge in [-0.2, -0.15) is 0 Å². The van der Waals surface area contributed by atoms with Crippen molar-refractivity contribution >= 4 is 70.2 Å². The first-order chi connectivity index (χ1) is 36.8. The van der Waals surface area contributed by atoms with Crippen LogP contribution in [0.15, 0.2) is 97.1 Å². The van der Waals surface area contributed by atoms with Crippen LogP contribution in [0.4, 0.5) is 0 Å². The molecule has 0 amide bonds. The highest BCUT2D eigenvalue weighted by Crippen LogP contribution is 2.42. The molecule has 0 atom stereocenters.